The molecule has 0 spiro atoms. The van der Waals surface area contributed by atoms with Crippen LogP contribution in [-0.2, 0) is 14.6 Å². The van der Waals surface area contributed by atoms with Crippen LogP contribution in [0.2, 0.25) is 5.02 Å². The number of sulfone groups is 1. The third-order valence-electron chi connectivity index (χ3n) is 6.09. The number of rotatable bonds is 3. The molecule has 0 bridgehead atoms. The summed E-state index contributed by atoms with van der Waals surface area (Å²) in [5.41, 5.74) is 0.640. The van der Waals surface area contributed by atoms with E-state index in [1.165, 1.54) is 13.5 Å². The molecule has 3 fully saturated rings. The normalized spacial score (nSPS) is 29.0. The molecule has 1 amide bonds. The van der Waals surface area contributed by atoms with Crippen molar-refractivity contribution in [2.45, 2.75) is 50.2 Å². The highest BCUT2D eigenvalue weighted by atomic mass is 35.5. The number of amides is 1. The second-order valence-corrected chi connectivity index (χ2v) is 10.3. The van der Waals surface area contributed by atoms with Crippen molar-refractivity contribution in [2.24, 2.45) is 0 Å². The molecule has 1 aliphatic carbocycles. The fourth-order valence-corrected chi connectivity index (χ4v) is 7.08. The molecular weight excluding hydrogens is 388 g/mol. The van der Waals surface area contributed by atoms with Crippen LogP contribution in [0.3, 0.4) is 0 Å². The maximum atomic E-state index is 13.1. The van der Waals surface area contributed by atoms with Crippen molar-refractivity contribution in [3.05, 3.63) is 23.2 Å². The van der Waals surface area contributed by atoms with Crippen molar-refractivity contribution in [3.8, 4) is 5.75 Å². The Morgan fingerprint density at radius 1 is 1.11 bits per heavy atom. The average Bonchev–Trinajstić information content (AvgIpc) is 2.96. The molecule has 1 saturated carbocycles. The second kappa shape index (κ2) is 7.26. The second-order valence-electron chi connectivity index (χ2n) is 7.76. The van der Waals surface area contributed by atoms with Gasteiger partial charge in [-0.1, -0.05) is 30.9 Å². The Balaban J connectivity index is 1.68. The smallest absolute Gasteiger partial charge is 0.241 e. The first-order valence-electron chi connectivity index (χ1n) is 9.51. The molecule has 0 unspecified atom stereocenters. The van der Waals surface area contributed by atoms with E-state index in [2.05, 4.69) is 4.90 Å². The number of carbonyl (C=O) groups is 1. The van der Waals surface area contributed by atoms with Crippen LogP contribution in [0.4, 0.5) is 5.69 Å². The van der Waals surface area contributed by atoms with Gasteiger partial charge in [0, 0.05) is 17.8 Å². The van der Waals surface area contributed by atoms with E-state index in [1.54, 1.807) is 23.1 Å². The lowest BCUT2D eigenvalue weighted by Crippen LogP contribution is -2.64. The fourth-order valence-electron chi connectivity index (χ4n) is 4.86. The Labute approximate surface area is 165 Å². The van der Waals surface area contributed by atoms with E-state index < -0.39 is 9.84 Å². The Morgan fingerprint density at radius 3 is 2.48 bits per heavy atom. The van der Waals surface area contributed by atoms with Crippen molar-refractivity contribution in [1.29, 1.82) is 0 Å². The molecule has 2 aliphatic heterocycles. The quantitative estimate of drug-likeness (QED) is 0.763. The van der Waals surface area contributed by atoms with Gasteiger partial charge in [-0.3, -0.25) is 9.69 Å². The lowest BCUT2D eigenvalue weighted by Gasteiger charge is -2.47. The minimum Gasteiger partial charge on any atom is -0.495 e. The summed E-state index contributed by atoms with van der Waals surface area (Å²) < 4.78 is 30.1. The highest BCUT2D eigenvalue weighted by Gasteiger charge is 2.51. The number of benzene rings is 1. The van der Waals surface area contributed by atoms with Gasteiger partial charge in [-0.2, -0.15) is 0 Å². The van der Waals surface area contributed by atoms with Crippen LogP contribution in [0.15, 0.2) is 18.2 Å². The van der Waals surface area contributed by atoms with E-state index in [-0.39, 0.29) is 36.0 Å². The molecule has 8 heteroatoms. The molecule has 3 aliphatic rings. The standard InChI is InChI=1S/C19H25ClN2O4S/c1-26-18-8-7-14(9-15(18)20)22-17-12-27(24,25)11-16(17)21(10-19(22)23)13-5-3-2-4-6-13/h7-9,13,16-17H,2-6,10-12H2,1H3/t16-,17-/m0/s1. The molecule has 148 valence electrons. The fraction of sp³-hybridized carbons (Fsp3) is 0.632. The number of carbonyl (C=O) groups excluding carboxylic acids is 1. The van der Waals surface area contributed by atoms with Crippen LogP contribution in [0.25, 0.3) is 0 Å². The number of fused-ring (bicyclic) bond motifs is 1. The monoisotopic (exact) mass is 412 g/mol. The van der Waals surface area contributed by atoms with Gasteiger partial charge in [-0.15, -0.1) is 0 Å². The zero-order valence-electron chi connectivity index (χ0n) is 15.4. The Hall–Kier alpha value is -1.31. The number of halogens is 1. The van der Waals surface area contributed by atoms with Gasteiger partial charge in [0.05, 0.1) is 36.2 Å². The first kappa shape index (κ1) is 19.0. The number of hydrogen-bond donors (Lipinski definition) is 0. The van der Waals surface area contributed by atoms with Gasteiger partial charge in [-0.05, 0) is 31.0 Å². The summed E-state index contributed by atoms with van der Waals surface area (Å²) in [6.07, 6.45) is 5.62. The van der Waals surface area contributed by atoms with Crippen LogP contribution >= 0.6 is 11.6 Å². The predicted octanol–water partition coefficient (Wildman–Crippen LogP) is 2.50. The van der Waals surface area contributed by atoms with Crippen molar-refractivity contribution in [2.75, 3.05) is 30.1 Å². The molecule has 0 radical (unpaired) electrons. The van der Waals surface area contributed by atoms with Crippen LogP contribution in [0.5, 0.6) is 5.75 Å². The topological polar surface area (TPSA) is 66.9 Å². The highest BCUT2D eigenvalue weighted by molar-refractivity contribution is 7.91. The van der Waals surface area contributed by atoms with Crippen molar-refractivity contribution in [3.63, 3.8) is 0 Å². The van der Waals surface area contributed by atoms with Gasteiger partial charge in [0.2, 0.25) is 5.91 Å². The molecule has 2 atom stereocenters. The van der Waals surface area contributed by atoms with Crippen molar-refractivity contribution in [1.82, 2.24) is 4.90 Å². The molecule has 1 aromatic rings. The van der Waals surface area contributed by atoms with E-state index in [0.29, 0.717) is 22.5 Å². The highest BCUT2D eigenvalue weighted by Crippen LogP contribution is 2.37. The summed E-state index contributed by atoms with van der Waals surface area (Å²) in [5.74, 6) is 0.613. The van der Waals surface area contributed by atoms with Gasteiger partial charge in [0.1, 0.15) is 5.75 Å². The molecule has 4 rings (SSSR count). The SMILES string of the molecule is COc1ccc(N2C(=O)CN(C3CCCCC3)[C@H]3CS(=O)(=O)C[C@@H]32)cc1Cl. The summed E-state index contributed by atoms with van der Waals surface area (Å²) in [7, 11) is -1.64. The van der Waals surface area contributed by atoms with E-state index in [0.717, 1.165) is 25.7 Å². The lowest BCUT2D eigenvalue weighted by atomic mass is 9.91. The number of ether oxygens (including phenoxy) is 1. The molecular formula is C19H25ClN2O4S. The Morgan fingerprint density at radius 2 is 1.81 bits per heavy atom. The lowest BCUT2D eigenvalue weighted by molar-refractivity contribution is -0.124. The van der Waals surface area contributed by atoms with Gasteiger partial charge >= 0.3 is 0 Å². The van der Waals surface area contributed by atoms with Gasteiger partial charge in [0.25, 0.3) is 0 Å². The maximum Gasteiger partial charge on any atom is 0.241 e. The maximum absolute atomic E-state index is 13.1. The summed E-state index contributed by atoms with van der Waals surface area (Å²) in [5, 5.41) is 0.412. The summed E-state index contributed by atoms with van der Waals surface area (Å²) in [6.45, 7) is 0.269. The first-order valence-corrected chi connectivity index (χ1v) is 11.7. The van der Waals surface area contributed by atoms with Crippen molar-refractivity contribution >= 4 is 33.0 Å². The number of anilines is 1. The molecule has 1 aromatic carbocycles. The third-order valence-corrected chi connectivity index (χ3v) is 8.09. The number of methoxy groups -OCH3 is 1. The van der Waals surface area contributed by atoms with E-state index >= 15 is 0 Å². The summed E-state index contributed by atoms with van der Waals surface area (Å²) in [4.78, 5) is 16.9. The minimum absolute atomic E-state index is 0.0102. The largest absolute Gasteiger partial charge is 0.495 e. The van der Waals surface area contributed by atoms with Crippen LogP contribution in [-0.4, -0.2) is 62.5 Å². The first-order chi connectivity index (χ1) is 12.9. The third kappa shape index (κ3) is 3.57. The zero-order chi connectivity index (χ0) is 19.2. The molecule has 2 heterocycles. The van der Waals surface area contributed by atoms with E-state index in [9.17, 15) is 13.2 Å². The number of piperazine rings is 1. The molecule has 27 heavy (non-hydrogen) atoms. The van der Waals surface area contributed by atoms with Gasteiger partial charge in [0.15, 0.2) is 9.84 Å². The number of nitrogens with zero attached hydrogens (tertiary/aromatic N) is 2. The average molecular weight is 413 g/mol. The van der Waals surface area contributed by atoms with E-state index in [4.69, 9.17) is 16.3 Å². The molecule has 2 saturated heterocycles. The summed E-state index contributed by atoms with van der Waals surface area (Å²) in [6, 6.07) is 5.00. The number of hydrogen-bond acceptors (Lipinski definition) is 5. The summed E-state index contributed by atoms with van der Waals surface area (Å²) >= 11 is 6.25. The van der Waals surface area contributed by atoms with Gasteiger partial charge < -0.3 is 9.64 Å². The molecule has 6 nitrogen and oxygen atoms in total. The zero-order valence-corrected chi connectivity index (χ0v) is 17.0. The Kier molecular flexibility index (Phi) is 5.12. The molecule has 0 aromatic heterocycles. The van der Waals surface area contributed by atoms with Crippen molar-refractivity contribution < 1.29 is 17.9 Å². The van der Waals surface area contributed by atoms with Crippen LogP contribution in [0.1, 0.15) is 32.1 Å². The predicted molar refractivity (Wildman–Crippen MR) is 105 cm³/mol. The molecule has 0 N–H and O–H groups in total. The minimum atomic E-state index is -3.18. The van der Waals surface area contributed by atoms with Gasteiger partial charge in [-0.25, -0.2) is 8.42 Å². The van der Waals surface area contributed by atoms with Crippen LogP contribution < -0.4 is 9.64 Å². The van der Waals surface area contributed by atoms with Crippen LogP contribution in [0, 0.1) is 0 Å². The Bertz CT molecular complexity index is 838. The van der Waals surface area contributed by atoms with E-state index in [1.807, 2.05) is 0 Å².